The lowest BCUT2D eigenvalue weighted by atomic mass is 9.79. The van der Waals surface area contributed by atoms with Gasteiger partial charge in [0.15, 0.2) is 0 Å². The van der Waals surface area contributed by atoms with E-state index in [1.165, 1.54) is 0 Å². The molecule has 6 nitrogen and oxygen atoms in total. The van der Waals surface area contributed by atoms with Crippen molar-refractivity contribution in [1.82, 2.24) is 4.90 Å². The molecule has 1 rings (SSSR count). The number of ether oxygens (including phenoxy) is 1. The van der Waals surface area contributed by atoms with Crippen molar-refractivity contribution in [2.24, 2.45) is 11.1 Å². The molecule has 104 valence electrons. The number of carboxylic acids is 1. The van der Waals surface area contributed by atoms with Gasteiger partial charge in [-0.3, -0.25) is 9.59 Å². The number of amides is 1. The van der Waals surface area contributed by atoms with Crippen molar-refractivity contribution in [1.29, 1.82) is 0 Å². The van der Waals surface area contributed by atoms with Crippen molar-refractivity contribution in [3.05, 3.63) is 0 Å². The molecule has 1 heterocycles. The highest BCUT2D eigenvalue weighted by Gasteiger charge is 2.40. The van der Waals surface area contributed by atoms with Crippen LogP contribution in [0.4, 0.5) is 0 Å². The fourth-order valence-electron chi connectivity index (χ4n) is 2.24. The summed E-state index contributed by atoms with van der Waals surface area (Å²) >= 11 is 0. The van der Waals surface area contributed by atoms with Crippen LogP contribution in [0, 0.1) is 5.41 Å². The molecule has 1 amide bonds. The van der Waals surface area contributed by atoms with E-state index in [-0.39, 0.29) is 12.3 Å². The van der Waals surface area contributed by atoms with Crippen LogP contribution in [0.2, 0.25) is 0 Å². The van der Waals surface area contributed by atoms with Crippen LogP contribution in [0.25, 0.3) is 0 Å². The SMILES string of the molecule is CN(CCCC(=O)O)C(=O)C1(CN)CCOCC1. The Labute approximate surface area is 107 Å². The maximum absolute atomic E-state index is 12.4. The maximum Gasteiger partial charge on any atom is 0.303 e. The van der Waals surface area contributed by atoms with E-state index in [4.69, 9.17) is 15.6 Å². The van der Waals surface area contributed by atoms with Gasteiger partial charge >= 0.3 is 5.97 Å². The minimum Gasteiger partial charge on any atom is -0.481 e. The number of aliphatic carboxylic acids is 1. The monoisotopic (exact) mass is 258 g/mol. The zero-order valence-electron chi connectivity index (χ0n) is 10.9. The largest absolute Gasteiger partial charge is 0.481 e. The van der Waals surface area contributed by atoms with E-state index in [9.17, 15) is 9.59 Å². The molecule has 0 bridgehead atoms. The average molecular weight is 258 g/mol. The Morgan fingerprint density at radius 2 is 2.00 bits per heavy atom. The van der Waals surface area contributed by atoms with Gasteiger partial charge < -0.3 is 20.5 Å². The molecule has 0 saturated carbocycles. The smallest absolute Gasteiger partial charge is 0.303 e. The molecule has 1 aliphatic heterocycles. The predicted molar refractivity (Wildman–Crippen MR) is 66.0 cm³/mol. The molecule has 0 aromatic heterocycles. The summed E-state index contributed by atoms with van der Waals surface area (Å²) in [4.78, 5) is 24.4. The number of rotatable bonds is 6. The molecule has 0 radical (unpaired) electrons. The maximum atomic E-state index is 12.4. The first-order valence-electron chi connectivity index (χ1n) is 6.27. The molecule has 1 saturated heterocycles. The molecular formula is C12H22N2O4. The third-order valence-corrected chi connectivity index (χ3v) is 3.53. The highest BCUT2D eigenvalue weighted by atomic mass is 16.5. The van der Waals surface area contributed by atoms with Crippen LogP contribution in [-0.4, -0.2) is 55.2 Å². The van der Waals surface area contributed by atoms with E-state index in [1.807, 2.05) is 0 Å². The summed E-state index contributed by atoms with van der Waals surface area (Å²) in [6, 6.07) is 0. The van der Waals surface area contributed by atoms with E-state index in [1.54, 1.807) is 11.9 Å². The van der Waals surface area contributed by atoms with Crippen LogP contribution in [0.3, 0.4) is 0 Å². The summed E-state index contributed by atoms with van der Waals surface area (Å²) < 4.78 is 5.27. The van der Waals surface area contributed by atoms with Crippen molar-refractivity contribution in [3.63, 3.8) is 0 Å². The first kappa shape index (κ1) is 14.9. The number of carbonyl (C=O) groups excluding carboxylic acids is 1. The predicted octanol–water partition coefficient (Wildman–Crippen LogP) is 0.0651. The van der Waals surface area contributed by atoms with Crippen LogP contribution in [0.5, 0.6) is 0 Å². The fraction of sp³-hybridized carbons (Fsp3) is 0.833. The minimum absolute atomic E-state index is 0.0127. The Balaban J connectivity index is 2.52. The molecule has 0 aliphatic carbocycles. The second-order valence-electron chi connectivity index (χ2n) is 4.82. The number of carbonyl (C=O) groups is 2. The summed E-state index contributed by atoms with van der Waals surface area (Å²) in [7, 11) is 1.71. The normalized spacial score (nSPS) is 18.3. The van der Waals surface area contributed by atoms with Crippen LogP contribution in [0.15, 0.2) is 0 Å². The third-order valence-electron chi connectivity index (χ3n) is 3.53. The third kappa shape index (κ3) is 3.68. The van der Waals surface area contributed by atoms with Gasteiger partial charge in [0.05, 0.1) is 5.41 Å². The van der Waals surface area contributed by atoms with Gasteiger partial charge in [-0.05, 0) is 19.3 Å². The van der Waals surface area contributed by atoms with Crippen molar-refractivity contribution < 1.29 is 19.4 Å². The Morgan fingerprint density at radius 1 is 1.39 bits per heavy atom. The summed E-state index contributed by atoms with van der Waals surface area (Å²) in [5.74, 6) is -0.825. The molecule has 1 fully saturated rings. The molecule has 0 aromatic rings. The number of hydrogen-bond acceptors (Lipinski definition) is 4. The van der Waals surface area contributed by atoms with Gasteiger partial charge in [0.1, 0.15) is 0 Å². The second kappa shape index (κ2) is 6.70. The van der Waals surface area contributed by atoms with Gasteiger partial charge in [-0.25, -0.2) is 0 Å². The van der Waals surface area contributed by atoms with Crippen molar-refractivity contribution >= 4 is 11.9 Å². The van der Waals surface area contributed by atoms with Crippen molar-refractivity contribution in [2.45, 2.75) is 25.7 Å². The lowest BCUT2D eigenvalue weighted by molar-refractivity contribution is -0.146. The summed E-state index contributed by atoms with van der Waals surface area (Å²) in [5.41, 5.74) is 5.24. The molecular weight excluding hydrogens is 236 g/mol. The number of carboxylic acid groups (broad SMARTS) is 1. The van der Waals surface area contributed by atoms with E-state index < -0.39 is 11.4 Å². The van der Waals surface area contributed by atoms with Crippen LogP contribution in [0.1, 0.15) is 25.7 Å². The topological polar surface area (TPSA) is 92.9 Å². The molecule has 0 atom stereocenters. The highest BCUT2D eigenvalue weighted by molar-refractivity contribution is 5.83. The fourth-order valence-corrected chi connectivity index (χ4v) is 2.24. The van der Waals surface area contributed by atoms with Gasteiger partial charge in [0.25, 0.3) is 0 Å². The second-order valence-corrected chi connectivity index (χ2v) is 4.82. The summed E-state index contributed by atoms with van der Waals surface area (Å²) in [6.07, 6.45) is 1.84. The molecule has 0 aromatic carbocycles. The highest BCUT2D eigenvalue weighted by Crippen LogP contribution is 2.31. The molecule has 0 spiro atoms. The Hall–Kier alpha value is -1.14. The standard InChI is InChI=1S/C12H22N2O4/c1-14(6-2-3-10(15)16)11(17)12(9-13)4-7-18-8-5-12/h2-9,13H2,1H3,(H,15,16). The summed E-state index contributed by atoms with van der Waals surface area (Å²) in [5, 5.41) is 8.57. The zero-order chi connectivity index (χ0) is 13.6. The quantitative estimate of drug-likeness (QED) is 0.703. The minimum atomic E-state index is -0.838. The van der Waals surface area contributed by atoms with Gasteiger partial charge in [0, 0.05) is 39.8 Å². The Kier molecular flexibility index (Phi) is 5.55. The average Bonchev–Trinajstić information content (AvgIpc) is 2.38. The van der Waals surface area contributed by atoms with Crippen LogP contribution < -0.4 is 5.73 Å². The van der Waals surface area contributed by atoms with Gasteiger partial charge in [-0.15, -0.1) is 0 Å². The van der Waals surface area contributed by atoms with Crippen molar-refractivity contribution in [2.75, 3.05) is 33.4 Å². The van der Waals surface area contributed by atoms with Gasteiger partial charge in [0.2, 0.25) is 5.91 Å². The van der Waals surface area contributed by atoms with E-state index >= 15 is 0 Å². The first-order chi connectivity index (χ1) is 8.52. The van der Waals surface area contributed by atoms with Crippen molar-refractivity contribution in [3.8, 4) is 0 Å². The van der Waals surface area contributed by atoms with E-state index in [0.717, 1.165) is 0 Å². The molecule has 6 heteroatoms. The molecule has 18 heavy (non-hydrogen) atoms. The van der Waals surface area contributed by atoms with Gasteiger partial charge in [-0.1, -0.05) is 0 Å². The zero-order valence-corrected chi connectivity index (χ0v) is 10.9. The lowest BCUT2D eigenvalue weighted by Gasteiger charge is -2.37. The summed E-state index contributed by atoms with van der Waals surface area (Å²) in [6.45, 7) is 1.89. The number of nitrogens with two attached hydrogens (primary N) is 1. The Bertz CT molecular complexity index is 300. The van der Waals surface area contributed by atoms with Crippen LogP contribution >= 0.6 is 0 Å². The lowest BCUT2D eigenvalue weighted by Crippen LogP contribution is -2.49. The van der Waals surface area contributed by atoms with Gasteiger partial charge in [-0.2, -0.15) is 0 Å². The first-order valence-corrected chi connectivity index (χ1v) is 6.27. The number of hydrogen-bond donors (Lipinski definition) is 2. The molecule has 3 N–H and O–H groups in total. The molecule has 0 unspecified atom stereocenters. The Morgan fingerprint density at radius 3 is 2.50 bits per heavy atom. The van der Waals surface area contributed by atoms with E-state index in [2.05, 4.69) is 0 Å². The van der Waals surface area contributed by atoms with E-state index in [0.29, 0.717) is 45.6 Å². The molecule has 1 aliphatic rings. The van der Waals surface area contributed by atoms with Crippen LogP contribution in [-0.2, 0) is 14.3 Å². The number of nitrogens with zero attached hydrogens (tertiary/aromatic N) is 1.